The van der Waals surface area contributed by atoms with Crippen molar-refractivity contribution in [3.63, 3.8) is 0 Å². The number of carbonyl (C=O) groups is 1. The van der Waals surface area contributed by atoms with E-state index in [0.717, 1.165) is 40.8 Å². The summed E-state index contributed by atoms with van der Waals surface area (Å²) < 4.78 is 16.8. The molecule has 5 nitrogen and oxygen atoms in total. The van der Waals surface area contributed by atoms with Crippen molar-refractivity contribution >= 4 is 5.97 Å². The lowest BCUT2D eigenvalue weighted by Crippen LogP contribution is -2.16. The van der Waals surface area contributed by atoms with Crippen LogP contribution in [-0.2, 0) is 22.6 Å². The molecule has 1 N–H and O–H groups in total. The van der Waals surface area contributed by atoms with E-state index in [0.29, 0.717) is 30.1 Å². The summed E-state index contributed by atoms with van der Waals surface area (Å²) in [5, 5.41) is 10.8. The number of hydrogen-bond acceptors (Lipinski definition) is 5. The normalized spacial score (nSPS) is 13.6. The minimum Gasteiger partial charge on any atom is -0.493 e. The Morgan fingerprint density at radius 1 is 1.13 bits per heavy atom. The molecule has 3 aromatic carbocycles. The van der Waals surface area contributed by atoms with Gasteiger partial charge in [-0.25, -0.2) is 4.79 Å². The van der Waals surface area contributed by atoms with Crippen molar-refractivity contribution in [3.05, 3.63) is 82.9 Å². The van der Waals surface area contributed by atoms with Crippen LogP contribution >= 0.6 is 0 Å². The summed E-state index contributed by atoms with van der Waals surface area (Å²) in [6.07, 6.45) is 0.469. The molecule has 1 unspecified atom stereocenters. The van der Waals surface area contributed by atoms with Crippen LogP contribution in [-0.4, -0.2) is 24.8 Å². The summed E-state index contributed by atoms with van der Waals surface area (Å²) in [5.41, 5.74) is 4.99. The first-order valence-electron chi connectivity index (χ1n) is 10.4. The molecule has 0 amide bonds. The van der Waals surface area contributed by atoms with E-state index in [1.807, 2.05) is 61.5 Å². The second-order valence-electron chi connectivity index (χ2n) is 7.64. The average Bonchev–Trinajstić information content (AvgIpc) is 2.82. The molecule has 1 atom stereocenters. The van der Waals surface area contributed by atoms with Crippen molar-refractivity contribution in [2.24, 2.45) is 0 Å². The molecule has 0 spiro atoms. The van der Waals surface area contributed by atoms with Crippen LogP contribution < -0.4 is 9.47 Å². The lowest BCUT2D eigenvalue weighted by molar-refractivity contribution is -0.150. The van der Waals surface area contributed by atoms with Gasteiger partial charge in [0.15, 0.2) is 6.10 Å². The number of methoxy groups -OCH3 is 1. The monoisotopic (exact) mass is 418 g/mol. The first-order valence-corrected chi connectivity index (χ1v) is 10.4. The molecular weight excluding hydrogens is 392 g/mol. The Hall–Kier alpha value is -3.31. The molecule has 0 radical (unpaired) electrons. The van der Waals surface area contributed by atoms with E-state index in [4.69, 9.17) is 14.2 Å². The number of ether oxygens (including phenoxy) is 3. The van der Waals surface area contributed by atoms with E-state index in [1.54, 1.807) is 0 Å². The number of esters is 1. The van der Waals surface area contributed by atoms with Crippen molar-refractivity contribution in [3.8, 4) is 22.6 Å². The number of rotatable bonds is 6. The molecule has 0 aromatic heterocycles. The SMILES string of the molecule is COC(=O)C(O)c1c(C)ccc(OCc2ccccc2)c1-c1ccc2c(c1)CCCO2. The summed E-state index contributed by atoms with van der Waals surface area (Å²) in [6.45, 7) is 2.96. The van der Waals surface area contributed by atoms with Crippen LogP contribution in [0, 0.1) is 6.92 Å². The molecule has 5 heteroatoms. The van der Waals surface area contributed by atoms with Crippen LogP contribution in [0.25, 0.3) is 11.1 Å². The van der Waals surface area contributed by atoms with Gasteiger partial charge in [-0.05, 0) is 60.2 Å². The standard InChI is InChI=1S/C26H26O5/c1-17-10-12-22(31-16-18-7-4-3-5-8-18)24(23(17)25(27)26(28)29-2)20-11-13-21-19(15-20)9-6-14-30-21/h3-5,7-8,10-13,15,25,27H,6,9,14,16H2,1-2H3. The number of hydrogen-bond donors (Lipinski definition) is 1. The van der Waals surface area contributed by atoms with Gasteiger partial charge in [0.25, 0.3) is 0 Å². The Morgan fingerprint density at radius 2 is 1.94 bits per heavy atom. The number of aryl methyl sites for hydroxylation is 2. The maximum atomic E-state index is 12.2. The van der Waals surface area contributed by atoms with Crippen LogP contribution in [0.1, 0.15) is 34.8 Å². The topological polar surface area (TPSA) is 65.0 Å². The molecule has 31 heavy (non-hydrogen) atoms. The predicted molar refractivity (Wildman–Crippen MR) is 118 cm³/mol. The van der Waals surface area contributed by atoms with E-state index in [-0.39, 0.29) is 0 Å². The smallest absolute Gasteiger partial charge is 0.339 e. The second kappa shape index (κ2) is 9.23. The van der Waals surface area contributed by atoms with Crippen molar-refractivity contribution in [1.29, 1.82) is 0 Å². The highest BCUT2D eigenvalue weighted by Crippen LogP contribution is 2.41. The summed E-state index contributed by atoms with van der Waals surface area (Å²) in [4.78, 5) is 12.2. The van der Waals surface area contributed by atoms with Crippen molar-refractivity contribution in [2.75, 3.05) is 13.7 Å². The molecule has 0 bridgehead atoms. The van der Waals surface area contributed by atoms with Crippen molar-refractivity contribution < 1.29 is 24.1 Å². The lowest BCUT2D eigenvalue weighted by Gasteiger charge is -2.23. The predicted octanol–water partition coefficient (Wildman–Crippen LogP) is 4.77. The van der Waals surface area contributed by atoms with Crippen LogP contribution in [0.3, 0.4) is 0 Å². The maximum Gasteiger partial charge on any atom is 0.339 e. The molecule has 0 saturated heterocycles. The molecular formula is C26H26O5. The molecule has 0 fully saturated rings. The van der Waals surface area contributed by atoms with Gasteiger partial charge in [0.1, 0.15) is 18.1 Å². The highest BCUT2D eigenvalue weighted by atomic mass is 16.5. The summed E-state index contributed by atoms with van der Waals surface area (Å²) in [7, 11) is 1.27. The van der Waals surface area contributed by atoms with Gasteiger partial charge in [0.05, 0.1) is 13.7 Å². The Kier molecular flexibility index (Phi) is 6.23. The Balaban J connectivity index is 1.82. The fraction of sp³-hybridized carbons (Fsp3) is 0.269. The Morgan fingerprint density at radius 3 is 2.71 bits per heavy atom. The van der Waals surface area contributed by atoms with E-state index in [9.17, 15) is 9.90 Å². The van der Waals surface area contributed by atoms with E-state index >= 15 is 0 Å². The average molecular weight is 418 g/mol. The zero-order valence-electron chi connectivity index (χ0n) is 17.8. The van der Waals surface area contributed by atoms with Crippen molar-refractivity contribution in [2.45, 2.75) is 32.5 Å². The largest absolute Gasteiger partial charge is 0.493 e. The molecule has 0 saturated carbocycles. The first kappa shape index (κ1) is 20.9. The highest BCUT2D eigenvalue weighted by molar-refractivity contribution is 5.84. The second-order valence-corrected chi connectivity index (χ2v) is 7.64. The van der Waals surface area contributed by atoms with E-state index in [1.165, 1.54) is 7.11 Å². The fourth-order valence-electron chi connectivity index (χ4n) is 3.95. The zero-order valence-corrected chi connectivity index (χ0v) is 17.8. The minimum atomic E-state index is -1.41. The lowest BCUT2D eigenvalue weighted by atomic mass is 9.89. The molecule has 160 valence electrons. The Labute approximate surface area is 182 Å². The zero-order chi connectivity index (χ0) is 21.8. The van der Waals surface area contributed by atoms with Crippen LogP contribution in [0.4, 0.5) is 0 Å². The quantitative estimate of drug-likeness (QED) is 0.584. The summed E-state index contributed by atoms with van der Waals surface area (Å²) in [6, 6.07) is 19.6. The third kappa shape index (κ3) is 4.42. The number of aliphatic hydroxyl groups is 1. The fourth-order valence-corrected chi connectivity index (χ4v) is 3.95. The molecule has 4 rings (SSSR count). The van der Waals surface area contributed by atoms with Gasteiger partial charge >= 0.3 is 5.97 Å². The van der Waals surface area contributed by atoms with Gasteiger partial charge < -0.3 is 19.3 Å². The molecule has 1 heterocycles. The summed E-state index contributed by atoms with van der Waals surface area (Å²) in [5.74, 6) is 0.777. The van der Waals surface area contributed by atoms with E-state index < -0.39 is 12.1 Å². The number of carbonyl (C=O) groups excluding carboxylic acids is 1. The van der Waals surface area contributed by atoms with Gasteiger partial charge in [-0.15, -0.1) is 0 Å². The molecule has 0 aliphatic carbocycles. The third-order valence-corrected chi connectivity index (χ3v) is 5.56. The molecule has 1 aliphatic rings. The van der Waals surface area contributed by atoms with Gasteiger partial charge in [-0.2, -0.15) is 0 Å². The third-order valence-electron chi connectivity index (χ3n) is 5.56. The van der Waals surface area contributed by atoms with Gasteiger partial charge in [0.2, 0.25) is 0 Å². The van der Waals surface area contributed by atoms with Crippen molar-refractivity contribution in [1.82, 2.24) is 0 Å². The number of benzene rings is 3. The van der Waals surface area contributed by atoms with Gasteiger partial charge in [-0.3, -0.25) is 0 Å². The highest BCUT2D eigenvalue weighted by Gasteiger charge is 2.27. The number of aliphatic hydroxyl groups excluding tert-OH is 1. The summed E-state index contributed by atoms with van der Waals surface area (Å²) >= 11 is 0. The van der Waals surface area contributed by atoms with Crippen LogP contribution in [0.5, 0.6) is 11.5 Å². The first-order chi connectivity index (χ1) is 15.1. The number of fused-ring (bicyclic) bond motifs is 1. The van der Waals surface area contributed by atoms with Crippen LogP contribution in [0.15, 0.2) is 60.7 Å². The maximum absolute atomic E-state index is 12.2. The minimum absolute atomic E-state index is 0.374. The molecule has 1 aliphatic heterocycles. The van der Waals surface area contributed by atoms with Gasteiger partial charge in [0, 0.05) is 11.1 Å². The van der Waals surface area contributed by atoms with Gasteiger partial charge in [-0.1, -0.05) is 42.5 Å². The van der Waals surface area contributed by atoms with Crippen LogP contribution in [0.2, 0.25) is 0 Å². The Bertz CT molecular complexity index is 1070. The van der Waals surface area contributed by atoms with E-state index in [2.05, 4.69) is 6.07 Å². The molecule has 3 aromatic rings.